The Morgan fingerprint density at radius 3 is 3.11 bits per heavy atom. The van der Waals surface area contributed by atoms with Crippen LogP contribution in [0.1, 0.15) is 12.8 Å². The molecule has 0 aromatic carbocycles. The van der Waals surface area contributed by atoms with E-state index in [1.165, 1.54) is 12.8 Å². The fraction of sp³-hybridized carbons (Fsp3) is 0.462. The first-order valence-corrected chi connectivity index (χ1v) is 6.33. The molecule has 1 atom stereocenters. The molecule has 5 nitrogen and oxygen atoms in total. The van der Waals surface area contributed by atoms with E-state index >= 15 is 0 Å². The summed E-state index contributed by atoms with van der Waals surface area (Å²) in [6.07, 6.45) is 5.76. The molecule has 0 spiro atoms. The number of ether oxygens (including phenoxy) is 1. The minimum Gasteiger partial charge on any atom is -0.477 e. The van der Waals surface area contributed by atoms with Crippen LogP contribution in [-0.4, -0.2) is 34.6 Å². The minimum absolute atomic E-state index is 0.582. The standard InChI is InChI=1S/C13H16N4O/c1-2-10(8-14-5-1)9-18-12-4-3-11-13(17-12)16-7-6-15-11/h3-4,6-7,10,14H,1-2,5,8-9H2. The van der Waals surface area contributed by atoms with Crippen LogP contribution >= 0.6 is 0 Å². The molecule has 0 saturated carbocycles. The van der Waals surface area contributed by atoms with Gasteiger partial charge in [-0.2, -0.15) is 4.98 Å². The highest BCUT2D eigenvalue weighted by Crippen LogP contribution is 2.15. The summed E-state index contributed by atoms with van der Waals surface area (Å²) in [6, 6.07) is 3.75. The van der Waals surface area contributed by atoms with Crippen molar-refractivity contribution < 1.29 is 4.74 Å². The molecule has 1 fully saturated rings. The van der Waals surface area contributed by atoms with E-state index in [9.17, 15) is 0 Å². The first kappa shape index (κ1) is 11.3. The second-order valence-electron chi connectivity index (χ2n) is 4.57. The van der Waals surface area contributed by atoms with E-state index in [1.807, 2.05) is 12.1 Å². The van der Waals surface area contributed by atoms with Crippen molar-refractivity contribution in [1.29, 1.82) is 0 Å². The highest BCUT2D eigenvalue weighted by Gasteiger charge is 2.13. The molecule has 2 aromatic heterocycles. The van der Waals surface area contributed by atoms with Gasteiger partial charge in [-0.15, -0.1) is 0 Å². The van der Waals surface area contributed by atoms with Crippen molar-refractivity contribution in [3.8, 4) is 5.88 Å². The third-order valence-corrected chi connectivity index (χ3v) is 3.17. The van der Waals surface area contributed by atoms with Crippen molar-refractivity contribution >= 4 is 11.2 Å². The molecule has 2 aromatic rings. The molecule has 94 valence electrons. The zero-order valence-electron chi connectivity index (χ0n) is 10.2. The van der Waals surface area contributed by atoms with Crippen LogP contribution in [-0.2, 0) is 0 Å². The summed E-state index contributed by atoms with van der Waals surface area (Å²) in [4.78, 5) is 12.7. The van der Waals surface area contributed by atoms with Gasteiger partial charge in [-0.25, -0.2) is 4.98 Å². The lowest BCUT2D eigenvalue weighted by atomic mass is 10.0. The zero-order chi connectivity index (χ0) is 12.2. The molecular weight excluding hydrogens is 228 g/mol. The van der Waals surface area contributed by atoms with Crippen molar-refractivity contribution in [1.82, 2.24) is 20.3 Å². The molecule has 0 amide bonds. The highest BCUT2D eigenvalue weighted by atomic mass is 16.5. The first-order chi connectivity index (χ1) is 8.92. The summed E-state index contributed by atoms with van der Waals surface area (Å²) in [6.45, 7) is 2.87. The van der Waals surface area contributed by atoms with Crippen molar-refractivity contribution in [2.45, 2.75) is 12.8 Å². The average molecular weight is 244 g/mol. The van der Waals surface area contributed by atoms with Gasteiger partial charge in [0.15, 0.2) is 5.65 Å². The van der Waals surface area contributed by atoms with Gasteiger partial charge in [-0.05, 0) is 25.5 Å². The Labute approximate surface area is 106 Å². The zero-order valence-corrected chi connectivity index (χ0v) is 10.2. The van der Waals surface area contributed by atoms with Crippen LogP contribution < -0.4 is 10.1 Å². The summed E-state index contributed by atoms with van der Waals surface area (Å²) >= 11 is 0. The number of pyridine rings is 1. The van der Waals surface area contributed by atoms with E-state index in [0.29, 0.717) is 24.1 Å². The van der Waals surface area contributed by atoms with E-state index in [1.54, 1.807) is 12.4 Å². The van der Waals surface area contributed by atoms with E-state index in [2.05, 4.69) is 20.3 Å². The Morgan fingerprint density at radius 2 is 2.22 bits per heavy atom. The topological polar surface area (TPSA) is 59.9 Å². The molecule has 0 aliphatic carbocycles. The largest absolute Gasteiger partial charge is 0.477 e. The number of nitrogens with one attached hydrogen (secondary N) is 1. The molecule has 1 N–H and O–H groups in total. The summed E-state index contributed by atoms with van der Waals surface area (Å²) < 4.78 is 5.73. The fourth-order valence-corrected chi connectivity index (χ4v) is 2.19. The lowest BCUT2D eigenvalue weighted by Gasteiger charge is -2.22. The fourth-order valence-electron chi connectivity index (χ4n) is 2.19. The van der Waals surface area contributed by atoms with Gasteiger partial charge in [0.1, 0.15) is 5.52 Å². The van der Waals surface area contributed by atoms with E-state index in [4.69, 9.17) is 4.74 Å². The average Bonchev–Trinajstić information content (AvgIpc) is 2.46. The summed E-state index contributed by atoms with van der Waals surface area (Å²) in [7, 11) is 0. The maximum absolute atomic E-state index is 5.73. The normalized spacial score (nSPS) is 19.9. The Bertz CT molecular complexity index is 525. The molecule has 18 heavy (non-hydrogen) atoms. The predicted molar refractivity (Wildman–Crippen MR) is 68.4 cm³/mol. The van der Waals surface area contributed by atoms with Crippen LogP contribution in [0.3, 0.4) is 0 Å². The number of aromatic nitrogens is 3. The number of nitrogens with zero attached hydrogens (tertiary/aromatic N) is 3. The van der Waals surface area contributed by atoms with Crippen LogP contribution in [0.4, 0.5) is 0 Å². The van der Waals surface area contributed by atoms with Gasteiger partial charge >= 0.3 is 0 Å². The maximum atomic E-state index is 5.73. The Hall–Kier alpha value is -1.75. The monoisotopic (exact) mass is 244 g/mol. The van der Waals surface area contributed by atoms with Gasteiger partial charge in [-0.1, -0.05) is 0 Å². The molecular formula is C13H16N4O. The number of piperidine rings is 1. The Balaban J connectivity index is 1.66. The predicted octanol–water partition coefficient (Wildman–Crippen LogP) is 1.40. The number of fused-ring (bicyclic) bond motifs is 1. The van der Waals surface area contributed by atoms with Crippen LogP contribution in [0.25, 0.3) is 11.2 Å². The van der Waals surface area contributed by atoms with Gasteiger partial charge < -0.3 is 10.1 Å². The van der Waals surface area contributed by atoms with E-state index in [-0.39, 0.29) is 0 Å². The first-order valence-electron chi connectivity index (χ1n) is 6.33. The lowest BCUT2D eigenvalue weighted by molar-refractivity contribution is 0.212. The van der Waals surface area contributed by atoms with Gasteiger partial charge in [0, 0.05) is 30.9 Å². The summed E-state index contributed by atoms with van der Waals surface area (Å²) in [5.41, 5.74) is 1.43. The highest BCUT2D eigenvalue weighted by molar-refractivity contribution is 5.69. The van der Waals surface area contributed by atoms with Crippen molar-refractivity contribution in [3.05, 3.63) is 24.5 Å². The van der Waals surface area contributed by atoms with Crippen LogP contribution in [0.2, 0.25) is 0 Å². The van der Waals surface area contributed by atoms with Crippen molar-refractivity contribution in [2.75, 3.05) is 19.7 Å². The second kappa shape index (κ2) is 5.27. The molecule has 0 bridgehead atoms. The van der Waals surface area contributed by atoms with Crippen LogP contribution in [0.5, 0.6) is 5.88 Å². The second-order valence-corrected chi connectivity index (χ2v) is 4.57. The van der Waals surface area contributed by atoms with Crippen molar-refractivity contribution in [3.63, 3.8) is 0 Å². The summed E-state index contributed by atoms with van der Waals surface area (Å²) in [5.74, 6) is 1.21. The molecule has 1 saturated heterocycles. The smallest absolute Gasteiger partial charge is 0.215 e. The molecule has 0 radical (unpaired) electrons. The van der Waals surface area contributed by atoms with E-state index in [0.717, 1.165) is 18.6 Å². The van der Waals surface area contributed by atoms with Crippen LogP contribution in [0.15, 0.2) is 24.5 Å². The van der Waals surface area contributed by atoms with Gasteiger partial charge in [-0.3, -0.25) is 4.98 Å². The quantitative estimate of drug-likeness (QED) is 0.884. The lowest BCUT2D eigenvalue weighted by Crippen LogP contribution is -2.33. The van der Waals surface area contributed by atoms with Crippen LogP contribution in [0, 0.1) is 5.92 Å². The third kappa shape index (κ3) is 2.56. The summed E-state index contributed by atoms with van der Waals surface area (Å²) in [5, 5.41) is 3.38. The number of hydrogen-bond donors (Lipinski definition) is 1. The molecule has 1 unspecified atom stereocenters. The van der Waals surface area contributed by atoms with Gasteiger partial charge in [0.2, 0.25) is 5.88 Å². The number of rotatable bonds is 3. The minimum atomic E-state index is 0.582. The Kier molecular flexibility index (Phi) is 3.32. The van der Waals surface area contributed by atoms with Gasteiger partial charge in [0.25, 0.3) is 0 Å². The molecule has 5 heteroatoms. The SMILES string of the molecule is c1cnc2nc(OCC3CCCNC3)ccc2n1. The number of hydrogen-bond acceptors (Lipinski definition) is 5. The van der Waals surface area contributed by atoms with Gasteiger partial charge in [0.05, 0.1) is 6.61 Å². The molecule has 3 rings (SSSR count). The molecule has 3 heterocycles. The third-order valence-electron chi connectivity index (χ3n) is 3.17. The van der Waals surface area contributed by atoms with E-state index < -0.39 is 0 Å². The maximum Gasteiger partial charge on any atom is 0.215 e. The Morgan fingerprint density at radius 1 is 1.28 bits per heavy atom. The molecule has 1 aliphatic rings. The van der Waals surface area contributed by atoms with Crippen molar-refractivity contribution in [2.24, 2.45) is 5.92 Å². The molecule has 1 aliphatic heterocycles.